The van der Waals surface area contributed by atoms with Crippen LogP contribution in [0.1, 0.15) is 47.5 Å². The Balaban J connectivity index is 3.80. The number of hydrogen-bond acceptors (Lipinski definition) is 3. The average Bonchev–Trinajstić information content (AvgIpc) is 2.27. The highest BCUT2D eigenvalue weighted by Crippen LogP contribution is 2.15. The van der Waals surface area contributed by atoms with Crippen molar-refractivity contribution in [3.05, 3.63) is 0 Å². The summed E-state index contributed by atoms with van der Waals surface area (Å²) in [6.07, 6.45) is 2.77. The first kappa shape index (κ1) is 16.3. The zero-order chi connectivity index (χ0) is 12.4. The molecule has 0 spiro atoms. The van der Waals surface area contributed by atoms with Gasteiger partial charge in [0.15, 0.2) is 0 Å². The lowest BCUT2D eigenvalue weighted by atomic mass is 10.3. The molecule has 0 aliphatic carbocycles. The fourth-order valence-corrected chi connectivity index (χ4v) is 2.23. The van der Waals surface area contributed by atoms with Gasteiger partial charge in [-0.2, -0.15) is 11.8 Å². The third kappa shape index (κ3) is 9.49. The molecule has 0 rings (SSSR count). The summed E-state index contributed by atoms with van der Waals surface area (Å²) in [5, 5.41) is 4.31. The molecule has 0 saturated carbocycles. The summed E-state index contributed by atoms with van der Waals surface area (Å²) in [7, 11) is 0. The van der Waals surface area contributed by atoms with E-state index in [0.29, 0.717) is 12.1 Å². The Morgan fingerprint density at radius 3 is 2.38 bits per heavy atom. The van der Waals surface area contributed by atoms with Crippen molar-refractivity contribution < 1.29 is 4.74 Å². The first-order valence-corrected chi connectivity index (χ1v) is 7.61. The van der Waals surface area contributed by atoms with E-state index in [1.807, 2.05) is 11.8 Å². The highest BCUT2D eigenvalue weighted by molar-refractivity contribution is 7.99. The standard InChI is InChI=1S/C13H29NOS/c1-6-8-14-13(9-15-11(3)4)10-16-12(5)7-2/h11-14H,6-10H2,1-5H3. The van der Waals surface area contributed by atoms with Crippen molar-refractivity contribution >= 4 is 11.8 Å². The van der Waals surface area contributed by atoms with Gasteiger partial charge in [0.2, 0.25) is 0 Å². The summed E-state index contributed by atoms with van der Waals surface area (Å²) in [6, 6.07) is 0.501. The molecule has 2 nitrogen and oxygen atoms in total. The van der Waals surface area contributed by atoms with Crippen molar-refractivity contribution in [3.8, 4) is 0 Å². The zero-order valence-electron chi connectivity index (χ0n) is 11.6. The number of nitrogens with one attached hydrogen (secondary N) is 1. The number of thioether (sulfide) groups is 1. The van der Waals surface area contributed by atoms with E-state index in [4.69, 9.17) is 4.74 Å². The minimum absolute atomic E-state index is 0.333. The van der Waals surface area contributed by atoms with Crippen LogP contribution >= 0.6 is 11.8 Å². The molecule has 0 aromatic rings. The summed E-state index contributed by atoms with van der Waals surface area (Å²) >= 11 is 2.04. The molecule has 0 bridgehead atoms. The van der Waals surface area contributed by atoms with Crippen molar-refractivity contribution in [3.63, 3.8) is 0 Å². The molecule has 0 fully saturated rings. The number of hydrogen-bond donors (Lipinski definition) is 1. The predicted molar refractivity (Wildman–Crippen MR) is 75.4 cm³/mol. The van der Waals surface area contributed by atoms with Crippen LogP contribution in [-0.4, -0.2) is 36.3 Å². The van der Waals surface area contributed by atoms with Gasteiger partial charge in [-0.25, -0.2) is 0 Å². The van der Waals surface area contributed by atoms with Gasteiger partial charge in [0.1, 0.15) is 0 Å². The van der Waals surface area contributed by atoms with Crippen LogP contribution in [0.2, 0.25) is 0 Å². The van der Waals surface area contributed by atoms with Crippen molar-refractivity contribution in [2.24, 2.45) is 0 Å². The molecule has 0 amide bonds. The molecule has 2 atom stereocenters. The second-order valence-corrected chi connectivity index (χ2v) is 6.06. The Morgan fingerprint density at radius 1 is 1.19 bits per heavy atom. The van der Waals surface area contributed by atoms with Gasteiger partial charge in [-0.3, -0.25) is 0 Å². The lowest BCUT2D eigenvalue weighted by molar-refractivity contribution is 0.0655. The molecule has 0 radical (unpaired) electrons. The van der Waals surface area contributed by atoms with E-state index in [9.17, 15) is 0 Å². The van der Waals surface area contributed by atoms with Gasteiger partial charge in [-0.1, -0.05) is 20.8 Å². The van der Waals surface area contributed by atoms with Gasteiger partial charge >= 0.3 is 0 Å². The lowest BCUT2D eigenvalue weighted by Crippen LogP contribution is -2.37. The van der Waals surface area contributed by atoms with Crippen molar-refractivity contribution in [1.82, 2.24) is 5.32 Å². The van der Waals surface area contributed by atoms with Gasteiger partial charge in [0.25, 0.3) is 0 Å². The van der Waals surface area contributed by atoms with E-state index in [2.05, 4.69) is 39.9 Å². The Hall–Kier alpha value is 0.270. The predicted octanol–water partition coefficient (Wildman–Crippen LogP) is 3.31. The first-order valence-electron chi connectivity index (χ1n) is 6.56. The summed E-state index contributed by atoms with van der Waals surface area (Å²) in [4.78, 5) is 0. The summed E-state index contributed by atoms with van der Waals surface area (Å²) < 4.78 is 5.69. The minimum Gasteiger partial charge on any atom is -0.377 e. The molecule has 0 saturated heterocycles. The van der Waals surface area contributed by atoms with Gasteiger partial charge in [0.05, 0.1) is 12.7 Å². The largest absolute Gasteiger partial charge is 0.377 e. The topological polar surface area (TPSA) is 21.3 Å². The third-order valence-corrected chi connectivity index (χ3v) is 3.97. The van der Waals surface area contributed by atoms with Crippen LogP contribution in [0.4, 0.5) is 0 Å². The molecule has 0 aromatic heterocycles. The van der Waals surface area contributed by atoms with E-state index in [1.54, 1.807) is 0 Å². The molecule has 2 unspecified atom stereocenters. The lowest BCUT2D eigenvalue weighted by Gasteiger charge is -2.21. The quantitative estimate of drug-likeness (QED) is 0.640. The fourth-order valence-electron chi connectivity index (χ4n) is 1.22. The smallest absolute Gasteiger partial charge is 0.0631 e. The van der Waals surface area contributed by atoms with E-state index < -0.39 is 0 Å². The van der Waals surface area contributed by atoms with E-state index >= 15 is 0 Å². The molecular formula is C13H29NOS. The SMILES string of the molecule is CCCNC(COC(C)C)CSC(C)CC. The maximum Gasteiger partial charge on any atom is 0.0631 e. The van der Waals surface area contributed by atoms with Crippen LogP contribution in [0.25, 0.3) is 0 Å². The van der Waals surface area contributed by atoms with Crippen LogP contribution < -0.4 is 5.32 Å². The Kier molecular flexibility index (Phi) is 10.6. The maximum atomic E-state index is 5.69. The maximum absolute atomic E-state index is 5.69. The highest BCUT2D eigenvalue weighted by Gasteiger charge is 2.10. The molecule has 1 N–H and O–H groups in total. The van der Waals surface area contributed by atoms with Crippen molar-refractivity contribution in [1.29, 1.82) is 0 Å². The second kappa shape index (κ2) is 10.4. The van der Waals surface area contributed by atoms with Crippen molar-refractivity contribution in [2.45, 2.75) is 64.9 Å². The minimum atomic E-state index is 0.333. The van der Waals surface area contributed by atoms with Crippen LogP contribution in [0, 0.1) is 0 Å². The van der Waals surface area contributed by atoms with Crippen LogP contribution in [0.15, 0.2) is 0 Å². The first-order chi connectivity index (χ1) is 7.60. The summed E-state index contributed by atoms with van der Waals surface area (Å²) in [6.45, 7) is 12.9. The molecule has 0 aromatic carbocycles. The van der Waals surface area contributed by atoms with E-state index in [-0.39, 0.29) is 0 Å². The second-order valence-electron chi connectivity index (χ2n) is 4.59. The summed E-state index contributed by atoms with van der Waals surface area (Å²) in [5.41, 5.74) is 0. The van der Waals surface area contributed by atoms with Crippen LogP contribution in [-0.2, 0) is 4.74 Å². The van der Waals surface area contributed by atoms with E-state index in [0.717, 1.165) is 24.2 Å². The molecule has 98 valence electrons. The Labute approximate surface area is 106 Å². The highest BCUT2D eigenvalue weighted by atomic mass is 32.2. The fraction of sp³-hybridized carbons (Fsp3) is 1.00. The van der Waals surface area contributed by atoms with E-state index in [1.165, 1.54) is 12.8 Å². The molecule has 0 aliphatic rings. The van der Waals surface area contributed by atoms with Gasteiger partial charge < -0.3 is 10.1 Å². The normalized spacial score (nSPS) is 15.4. The van der Waals surface area contributed by atoms with Crippen LogP contribution in [0.5, 0.6) is 0 Å². The number of ether oxygens (including phenoxy) is 1. The van der Waals surface area contributed by atoms with Gasteiger partial charge in [0, 0.05) is 17.0 Å². The monoisotopic (exact) mass is 247 g/mol. The Bertz CT molecular complexity index is 153. The molecule has 0 heterocycles. The molecular weight excluding hydrogens is 218 g/mol. The number of rotatable bonds is 10. The third-order valence-electron chi connectivity index (χ3n) is 2.47. The molecule has 16 heavy (non-hydrogen) atoms. The Morgan fingerprint density at radius 2 is 1.88 bits per heavy atom. The van der Waals surface area contributed by atoms with Gasteiger partial charge in [-0.15, -0.1) is 0 Å². The average molecular weight is 247 g/mol. The van der Waals surface area contributed by atoms with Crippen molar-refractivity contribution in [2.75, 3.05) is 18.9 Å². The molecule has 0 aliphatic heterocycles. The zero-order valence-corrected chi connectivity index (χ0v) is 12.4. The summed E-state index contributed by atoms with van der Waals surface area (Å²) in [5.74, 6) is 1.15. The molecule has 3 heteroatoms. The van der Waals surface area contributed by atoms with Gasteiger partial charge in [-0.05, 0) is 33.2 Å². The van der Waals surface area contributed by atoms with Crippen LogP contribution in [0.3, 0.4) is 0 Å².